The van der Waals surface area contributed by atoms with Crippen molar-refractivity contribution in [3.8, 4) is 0 Å². The number of aromatic nitrogens is 2. The molecule has 11 heteroatoms. The van der Waals surface area contributed by atoms with Crippen LogP contribution in [0.25, 0.3) is 6.08 Å². The van der Waals surface area contributed by atoms with E-state index in [1.807, 2.05) is 20.2 Å². The van der Waals surface area contributed by atoms with Crippen molar-refractivity contribution in [3.05, 3.63) is 57.5 Å². The standard InChI is InChI=1S/C20H20N6O4S/c1-12-13(10-24(2)23-12)8-17-19(28)25(15-6-7-15)20(22-17)31-11-18(27)21-14-4-3-5-16(9-14)26(29)30/h3-5,8-10,15H,6-7,11H2,1-2H3,(H,21,27)/b17-8-. The third-order valence-corrected chi connectivity index (χ3v) is 5.74. The van der Waals surface area contributed by atoms with Crippen molar-refractivity contribution in [2.45, 2.75) is 25.8 Å². The quantitative estimate of drug-likeness (QED) is 0.419. The van der Waals surface area contributed by atoms with Crippen molar-refractivity contribution in [3.63, 3.8) is 0 Å². The first-order valence-corrected chi connectivity index (χ1v) is 10.6. The smallest absolute Gasteiger partial charge is 0.278 e. The summed E-state index contributed by atoms with van der Waals surface area (Å²) in [4.78, 5) is 41.8. The van der Waals surface area contributed by atoms with Gasteiger partial charge in [-0.1, -0.05) is 17.8 Å². The number of hydrogen-bond acceptors (Lipinski definition) is 7. The number of thioether (sulfide) groups is 1. The van der Waals surface area contributed by atoms with E-state index in [0.29, 0.717) is 16.6 Å². The van der Waals surface area contributed by atoms with Gasteiger partial charge >= 0.3 is 0 Å². The molecular weight excluding hydrogens is 420 g/mol. The number of carbonyl (C=O) groups excluding carboxylic acids is 2. The summed E-state index contributed by atoms with van der Waals surface area (Å²) in [7, 11) is 1.81. The molecule has 0 bridgehead atoms. The molecule has 1 aromatic carbocycles. The van der Waals surface area contributed by atoms with Crippen LogP contribution >= 0.6 is 11.8 Å². The molecule has 2 aromatic rings. The molecular formula is C20H20N6O4S. The first-order chi connectivity index (χ1) is 14.8. The molecule has 0 unspecified atom stereocenters. The molecule has 4 rings (SSSR count). The van der Waals surface area contributed by atoms with E-state index in [9.17, 15) is 19.7 Å². The fourth-order valence-electron chi connectivity index (χ4n) is 3.20. The van der Waals surface area contributed by atoms with Crippen LogP contribution in [0.1, 0.15) is 24.1 Å². The Morgan fingerprint density at radius 2 is 2.19 bits per heavy atom. The second-order valence-corrected chi connectivity index (χ2v) is 8.26. The number of carbonyl (C=O) groups is 2. The summed E-state index contributed by atoms with van der Waals surface area (Å²) in [6, 6.07) is 5.85. The molecule has 1 aliphatic heterocycles. The Morgan fingerprint density at radius 3 is 2.84 bits per heavy atom. The van der Waals surface area contributed by atoms with Crippen molar-refractivity contribution < 1.29 is 14.5 Å². The second-order valence-electron chi connectivity index (χ2n) is 7.32. The highest BCUT2D eigenvalue weighted by atomic mass is 32.2. The van der Waals surface area contributed by atoms with Gasteiger partial charge in [0.2, 0.25) is 5.91 Å². The predicted molar refractivity (Wildman–Crippen MR) is 117 cm³/mol. The third-order valence-electron chi connectivity index (χ3n) is 4.79. The Bertz CT molecular complexity index is 1130. The van der Waals surface area contributed by atoms with Gasteiger partial charge in [-0.25, -0.2) is 4.99 Å². The van der Waals surface area contributed by atoms with Crippen LogP contribution in [0.15, 0.2) is 41.2 Å². The lowest BCUT2D eigenvalue weighted by Crippen LogP contribution is -2.33. The molecule has 2 heterocycles. The number of nitrogens with zero attached hydrogens (tertiary/aromatic N) is 5. The molecule has 2 aliphatic rings. The summed E-state index contributed by atoms with van der Waals surface area (Å²) in [6.07, 6.45) is 5.36. The molecule has 10 nitrogen and oxygen atoms in total. The number of anilines is 1. The van der Waals surface area contributed by atoms with Gasteiger partial charge in [-0.15, -0.1) is 0 Å². The zero-order chi connectivity index (χ0) is 22.1. The molecule has 1 aliphatic carbocycles. The number of nitro benzene ring substituents is 1. The number of aliphatic imine (C=N–C) groups is 1. The first-order valence-electron chi connectivity index (χ1n) is 9.63. The molecule has 1 N–H and O–H groups in total. The SMILES string of the molecule is Cc1nn(C)cc1/C=C1\N=C(SCC(=O)Nc2cccc([N+](=O)[O-])c2)N(C2CC2)C1=O. The minimum absolute atomic E-state index is 0.0250. The molecule has 31 heavy (non-hydrogen) atoms. The van der Waals surface area contributed by atoms with Gasteiger partial charge in [-0.3, -0.25) is 29.3 Å². The summed E-state index contributed by atoms with van der Waals surface area (Å²) in [6.45, 7) is 1.86. The van der Waals surface area contributed by atoms with Crippen LogP contribution in [-0.2, 0) is 16.6 Å². The Hall–Kier alpha value is -3.47. The topological polar surface area (TPSA) is 123 Å². The lowest BCUT2D eigenvalue weighted by molar-refractivity contribution is -0.384. The van der Waals surface area contributed by atoms with Crippen molar-refractivity contribution in [1.29, 1.82) is 0 Å². The summed E-state index contributed by atoms with van der Waals surface area (Å²) in [5, 5.41) is 18.3. The number of amidine groups is 1. The molecule has 1 fully saturated rings. The minimum Gasteiger partial charge on any atom is -0.325 e. The Labute approximate surface area is 182 Å². The fourth-order valence-corrected chi connectivity index (χ4v) is 4.06. The molecule has 0 radical (unpaired) electrons. The molecule has 0 atom stereocenters. The average molecular weight is 440 g/mol. The maximum absolute atomic E-state index is 12.9. The number of nitro groups is 1. The zero-order valence-electron chi connectivity index (χ0n) is 16.9. The number of nitrogens with one attached hydrogen (secondary N) is 1. The monoisotopic (exact) mass is 440 g/mol. The van der Waals surface area contributed by atoms with Crippen LogP contribution in [0.2, 0.25) is 0 Å². The van der Waals surface area contributed by atoms with Gasteiger partial charge < -0.3 is 5.32 Å². The van der Waals surface area contributed by atoms with E-state index in [4.69, 9.17) is 0 Å². The lowest BCUT2D eigenvalue weighted by atomic mass is 10.2. The van der Waals surface area contributed by atoms with E-state index in [1.165, 1.54) is 30.0 Å². The summed E-state index contributed by atoms with van der Waals surface area (Å²) < 4.78 is 1.68. The van der Waals surface area contributed by atoms with Gasteiger partial charge in [0.1, 0.15) is 5.70 Å². The molecule has 1 aromatic heterocycles. The molecule has 160 valence electrons. The van der Waals surface area contributed by atoms with E-state index in [-0.39, 0.29) is 29.3 Å². The fraction of sp³-hybridized carbons (Fsp3) is 0.300. The van der Waals surface area contributed by atoms with Crippen LogP contribution in [0.3, 0.4) is 0 Å². The summed E-state index contributed by atoms with van der Waals surface area (Å²) in [5.74, 6) is -0.485. The molecule has 2 amide bonds. The van der Waals surface area contributed by atoms with E-state index < -0.39 is 4.92 Å². The maximum Gasteiger partial charge on any atom is 0.278 e. The van der Waals surface area contributed by atoms with Gasteiger partial charge in [0.25, 0.3) is 11.6 Å². The lowest BCUT2D eigenvalue weighted by Gasteiger charge is -2.16. The van der Waals surface area contributed by atoms with Gasteiger partial charge in [0.15, 0.2) is 5.17 Å². The van der Waals surface area contributed by atoms with Crippen LogP contribution in [0.4, 0.5) is 11.4 Å². The Balaban J connectivity index is 1.46. The first kappa shape index (κ1) is 20.8. The molecule has 1 saturated carbocycles. The van der Waals surface area contributed by atoms with Crippen LogP contribution in [0.5, 0.6) is 0 Å². The third kappa shape index (κ3) is 4.66. The zero-order valence-corrected chi connectivity index (χ0v) is 17.8. The van der Waals surface area contributed by atoms with E-state index >= 15 is 0 Å². The number of hydrogen-bond donors (Lipinski definition) is 1. The Morgan fingerprint density at radius 1 is 1.42 bits per heavy atom. The highest BCUT2D eigenvalue weighted by Gasteiger charge is 2.41. The number of non-ortho nitro benzene ring substituents is 1. The van der Waals surface area contributed by atoms with Crippen LogP contribution in [-0.4, -0.2) is 48.4 Å². The highest BCUT2D eigenvalue weighted by Crippen LogP contribution is 2.35. The van der Waals surface area contributed by atoms with Crippen molar-refractivity contribution >= 4 is 46.2 Å². The highest BCUT2D eigenvalue weighted by molar-refractivity contribution is 8.14. The van der Waals surface area contributed by atoms with Crippen molar-refractivity contribution in [1.82, 2.24) is 14.7 Å². The summed E-state index contributed by atoms with van der Waals surface area (Å²) >= 11 is 1.17. The maximum atomic E-state index is 12.9. The molecule has 0 saturated heterocycles. The number of rotatable bonds is 6. The normalized spacial score (nSPS) is 17.2. The van der Waals surface area contributed by atoms with E-state index in [0.717, 1.165) is 24.1 Å². The Kier molecular flexibility index (Phi) is 5.59. The number of aryl methyl sites for hydroxylation is 2. The average Bonchev–Trinajstić information content (AvgIpc) is 3.43. The van der Waals surface area contributed by atoms with Gasteiger partial charge in [0, 0.05) is 42.7 Å². The second kappa shape index (κ2) is 8.34. The predicted octanol–water partition coefficient (Wildman–Crippen LogP) is 2.71. The molecule has 0 spiro atoms. The minimum atomic E-state index is -0.519. The van der Waals surface area contributed by atoms with Crippen LogP contribution < -0.4 is 5.32 Å². The van der Waals surface area contributed by atoms with Gasteiger partial charge in [-0.05, 0) is 31.9 Å². The number of amides is 2. The van der Waals surface area contributed by atoms with Gasteiger partial charge in [0.05, 0.1) is 16.4 Å². The van der Waals surface area contributed by atoms with Crippen molar-refractivity contribution in [2.75, 3.05) is 11.1 Å². The largest absolute Gasteiger partial charge is 0.325 e. The van der Waals surface area contributed by atoms with Crippen LogP contribution in [0, 0.1) is 17.0 Å². The number of benzene rings is 1. The summed E-state index contributed by atoms with van der Waals surface area (Å²) in [5.41, 5.74) is 2.19. The van der Waals surface area contributed by atoms with Gasteiger partial charge in [-0.2, -0.15) is 5.10 Å². The van der Waals surface area contributed by atoms with E-state index in [1.54, 1.807) is 21.7 Å². The van der Waals surface area contributed by atoms with E-state index in [2.05, 4.69) is 15.4 Å². The van der Waals surface area contributed by atoms with Crippen molar-refractivity contribution in [2.24, 2.45) is 12.0 Å².